The van der Waals surface area contributed by atoms with E-state index in [2.05, 4.69) is 31.1 Å². The van der Waals surface area contributed by atoms with Crippen molar-refractivity contribution in [3.63, 3.8) is 0 Å². The summed E-state index contributed by atoms with van der Waals surface area (Å²) in [4.78, 5) is 0.827. The summed E-state index contributed by atoms with van der Waals surface area (Å²) in [6.45, 7) is 9.83. The maximum absolute atomic E-state index is 3.97. The fourth-order valence-electron chi connectivity index (χ4n) is 0.253. The Labute approximate surface area is 55.9 Å². The van der Waals surface area contributed by atoms with E-state index < -0.39 is 0 Å². The van der Waals surface area contributed by atoms with Gasteiger partial charge in [0, 0.05) is 12.2 Å². The molecular weight excluding hydrogens is 118 g/mol. The zero-order valence-corrected chi connectivity index (χ0v) is 5.96. The maximum Gasteiger partial charge on any atom is 0.0448 e. The summed E-state index contributed by atoms with van der Waals surface area (Å²) in [5.41, 5.74) is 0.945. The summed E-state index contributed by atoms with van der Waals surface area (Å²) in [7, 11) is 0. The molecule has 0 saturated heterocycles. The second-order valence-electron chi connectivity index (χ2n) is 1.70. The zero-order valence-electron chi connectivity index (χ0n) is 5.07. The maximum atomic E-state index is 3.97. The summed E-state index contributed by atoms with van der Waals surface area (Å²) in [6.07, 6.45) is 0. The molecule has 1 N–H and O–H groups in total. The number of rotatable bonds is 3. The van der Waals surface area contributed by atoms with Crippen LogP contribution >= 0.6 is 12.6 Å². The van der Waals surface area contributed by atoms with Crippen molar-refractivity contribution in [2.45, 2.75) is 6.92 Å². The highest BCUT2D eigenvalue weighted by Crippen LogP contribution is 1.92. The van der Waals surface area contributed by atoms with Crippen LogP contribution in [0.2, 0.25) is 0 Å². The van der Waals surface area contributed by atoms with Crippen LogP contribution in [0.4, 0.5) is 0 Å². The lowest BCUT2D eigenvalue weighted by atomic mass is 10.5. The first-order chi connectivity index (χ1) is 3.63. The Kier molecular flexibility index (Phi) is 3.44. The van der Waals surface area contributed by atoms with Crippen molar-refractivity contribution in [3.05, 3.63) is 23.8 Å². The Hall–Kier alpha value is -0.370. The van der Waals surface area contributed by atoms with Crippen LogP contribution in [-0.4, -0.2) is 6.54 Å². The molecule has 0 amide bonds. The van der Waals surface area contributed by atoms with Crippen LogP contribution in [0.3, 0.4) is 0 Å². The van der Waals surface area contributed by atoms with Crippen molar-refractivity contribution in [3.8, 4) is 0 Å². The highest BCUT2D eigenvalue weighted by atomic mass is 32.1. The lowest BCUT2D eigenvalue weighted by Gasteiger charge is -2.01. The first kappa shape index (κ1) is 7.63. The highest BCUT2D eigenvalue weighted by Gasteiger charge is 1.82. The molecule has 0 aliphatic carbocycles. The van der Waals surface area contributed by atoms with E-state index in [-0.39, 0.29) is 0 Å². The van der Waals surface area contributed by atoms with Gasteiger partial charge in [-0.25, -0.2) is 0 Å². The number of allylic oxidation sites excluding steroid dienone is 1. The molecule has 2 heteroatoms. The van der Waals surface area contributed by atoms with Gasteiger partial charge in [0.05, 0.1) is 0 Å². The van der Waals surface area contributed by atoms with Gasteiger partial charge in [-0.1, -0.05) is 13.2 Å². The molecule has 0 radical (unpaired) electrons. The lowest BCUT2D eigenvalue weighted by Crippen LogP contribution is -2.10. The third-order valence-corrected chi connectivity index (χ3v) is 0.752. The summed E-state index contributed by atoms with van der Waals surface area (Å²) in [5.74, 6) is 0. The van der Waals surface area contributed by atoms with Crippen LogP contribution in [-0.2, 0) is 0 Å². The van der Waals surface area contributed by atoms with Gasteiger partial charge < -0.3 is 5.32 Å². The first-order valence-electron chi connectivity index (χ1n) is 2.39. The Balaban J connectivity index is 3.18. The van der Waals surface area contributed by atoms with E-state index in [0.717, 1.165) is 10.6 Å². The van der Waals surface area contributed by atoms with E-state index in [1.807, 2.05) is 6.92 Å². The van der Waals surface area contributed by atoms with Gasteiger partial charge in [-0.2, -0.15) is 0 Å². The number of thiol groups is 1. The molecule has 0 saturated carbocycles. The molecule has 0 unspecified atom stereocenters. The van der Waals surface area contributed by atoms with Crippen LogP contribution in [0, 0.1) is 0 Å². The van der Waals surface area contributed by atoms with Crippen LogP contribution in [0.1, 0.15) is 6.92 Å². The molecule has 0 fully saturated rings. The van der Waals surface area contributed by atoms with Crippen LogP contribution in [0.15, 0.2) is 23.8 Å². The second kappa shape index (κ2) is 3.61. The fourth-order valence-corrected chi connectivity index (χ4v) is 0.332. The summed E-state index contributed by atoms with van der Waals surface area (Å²) in [5, 5.41) is 2.97. The van der Waals surface area contributed by atoms with Crippen LogP contribution in [0.5, 0.6) is 0 Å². The Morgan fingerprint density at radius 1 is 1.62 bits per heavy atom. The molecule has 0 bridgehead atoms. The minimum Gasteiger partial charge on any atom is -0.384 e. The van der Waals surface area contributed by atoms with E-state index in [0.29, 0.717) is 6.54 Å². The second-order valence-corrected chi connectivity index (χ2v) is 2.33. The fraction of sp³-hybridized carbons (Fsp3) is 0.333. The third-order valence-electron chi connectivity index (χ3n) is 0.594. The molecular formula is C6H11NS. The van der Waals surface area contributed by atoms with Gasteiger partial charge in [-0.3, -0.25) is 0 Å². The van der Waals surface area contributed by atoms with Gasteiger partial charge in [0.25, 0.3) is 0 Å². The summed E-state index contributed by atoms with van der Waals surface area (Å²) >= 11 is 3.97. The predicted octanol–water partition coefficient (Wildman–Crippen LogP) is 1.55. The van der Waals surface area contributed by atoms with Gasteiger partial charge in [-0.15, -0.1) is 12.6 Å². The van der Waals surface area contributed by atoms with Crippen molar-refractivity contribution in [1.29, 1.82) is 0 Å². The standard InChI is InChI=1S/C6H11NS/c1-5(2)7-4-6(3)8/h7-8H,1,3-4H2,2H3. The van der Waals surface area contributed by atoms with Crippen molar-refractivity contribution >= 4 is 12.6 Å². The SMILES string of the molecule is C=C(S)CNC(=C)C. The number of hydrogen-bond acceptors (Lipinski definition) is 2. The Bertz CT molecular complexity index is 93.1. The number of hydrogen-bond donors (Lipinski definition) is 2. The van der Waals surface area contributed by atoms with Gasteiger partial charge in [0.1, 0.15) is 0 Å². The van der Waals surface area contributed by atoms with Crippen molar-refractivity contribution in [1.82, 2.24) is 5.32 Å². The van der Waals surface area contributed by atoms with E-state index in [9.17, 15) is 0 Å². The van der Waals surface area contributed by atoms with E-state index in [4.69, 9.17) is 0 Å². The summed E-state index contributed by atoms with van der Waals surface area (Å²) in [6, 6.07) is 0. The highest BCUT2D eigenvalue weighted by molar-refractivity contribution is 7.84. The molecule has 0 aromatic rings. The molecule has 1 nitrogen and oxygen atoms in total. The number of nitrogens with one attached hydrogen (secondary N) is 1. The monoisotopic (exact) mass is 129 g/mol. The Morgan fingerprint density at radius 3 is 2.25 bits per heavy atom. The smallest absolute Gasteiger partial charge is 0.0448 e. The van der Waals surface area contributed by atoms with E-state index >= 15 is 0 Å². The molecule has 0 aromatic heterocycles. The van der Waals surface area contributed by atoms with Crippen molar-refractivity contribution in [2.24, 2.45) is 0 Å². The normalized spacial score (nSPS) is 8.25. The predicted molar refractivity (Wildman–Crippen MR) is 40.9 cm³/mol. The third kappa shape index (κ3) is 5.63. The topological polar surface area (TPSA) is 12.0 Å². The lowest BCUT2D eigenvalue weighted by molar-refractivity contribution is 0.905. The quantitative estimate of drug-likeness (QED) is 0.551. The Morgan fingerprint density at radius 2 is 2.12 bits per heavy atom. The molecule has 0 aromatic carbocycles. The van der Waals surface area contributed by atoms with Gasteiger partial charge in [0.2, 0.25) is 0 Å². The molecule has 0 heterocycles. The summed E-state index contributed by atoms with van der Waals surface area (Å²) < 4.78 is 0. The average Bonchev–Trinajstić information content (AvgIpc) is 1.61. The van der Waals surface area contributed by atoms with Gasteiger partial charge >= 0.3 is 0 Å². The van der Waals surface area contributed by atoms with Gasteiger partial charge in [0.15, 0.2) is 0 Å². The molecule has 0 rings (SSSR count). The van der Waals surface area contributed by atoms with E-state index in [1.54, 1.807) is 0 Å². The van der Waals surface area contributed by atoms with E-state index in [1.165, 1.54) is 0 Å². The molecule has 8 heavy (non-hydrogen) atoms. The average molecular weight is 129 g/mol. The molecule has 46 valence electrons. The molecule has 0 aliphatic rings. The van der Waals surface area contributed by atoms with Crippen LogP contribution < -0.4 is 5.32 Å². The van der Waals surface area contributed by atoms with Crippen molar-refractivity contribution < 1.29 is 0 Å². The minimum absolute atomic E-state index is 0.707. The molecule has 0 spiro atoms. The van der Waals surface area contributed by atoms with Crippen molar-refractivity contribution in [2.75, 3.05) is 6.54 Å². The molecule has 0 aliphatic heterocycles. The molecule has 0 atom stereocenters. The first-order valence-corrected chi connectivity index (χ1v) is 2.84. The van der Waals surface area contributed by atoms with Crippen LogP contribution in [0.25, 0.3) is 0 Å². The largest absolute Gasteiger partial charge is 0.384 e. The minimum atomic E-state index is 0.707. The van der Waals surface area contributed by atoms with Gasteiger partial charge in [-0.05, 0) is 11.8 Å². The zero-order chi connectivity index (χ0) is 6.57.